The molecule has 0 radical (unpaired) electrons. The van der Waals surface area contributed by atoms with Gasteiger partial charge in [0, 0.05) is 54.4 Å². The fraction of sp³-hybridized carbons (Fsp3) is 0.600. The molecule has 1 rings (SSSR count). The Morgan fingerprint density at radius 3 is 1.85 bits per heavy atom. The average Bonchev–Trinajstić information content (AvgIpc) is 3.31. The summed E-state index contributed by atoms with van der Waals surface area (Å²) >= 11 is 0. The molecule has 5 N–H and O–H groups in total. The van der Waals surface area contributed by atoms with Crippen molar-refractivity contribution in [1.29, 1.82) is 0 Å². The molecule has 0 saturated carbocycles. The van der Waals surface area contributed by atoms with Crippen LogP contribution in [0, 0.1) is 23.7 Å². The Bertz CT molecular complexity index is 2110. The molecule has 0 aromatic heterocycles. The number of likely N-dealkylation sites (N-methyl/N-ethyl adjacent to an activating group) is 3. The molecule has 0 unspecified atom stereocenters. The molecular weight excluding hydrogens is 925 g/mol. The number of aliphatic hydroxyl groups is 1. The lowest BCUT2D eigenvalue weighted by Gasteiger charge is -2.37. The van der Waals surface area contributed by atoms with Gasteiger partial charge < -0.3 is 55.1 Å². The summed E-state index contributed by atoms with van der Waals surface area (Å²) in [6.45, 7) is 20.5. The van der Waals surface area contributed by atoms with Crippen LogP contribution in [0.1, 0.15) is 94.6 Å². The first-order chi connectivity index (χ1) is 32.9. The summed E-state index contributed by atoms with van der Waals surface area (Å²) < 4.78 is 16.7. The number of aliphatic carboxylic acids is 1. The maximum Gasteiger partial charge on any atom is 0.355 e. The minimum absolute atomic E-state index is 0.0607. The number of methoxy groups -OCH3 is 1. The number of rotatable bonds is 28. The number of benzene rings is 1. The Morgan fingerprint density at radius 1 is 0.789 bits per heavy atom. The van der Waals surface area contributed by atoms with E-state index in [0.717, 1.165) is 21.7 Å². The second-order valence-electron chi connectivity index (χ2n) is 18.5. The highest BCUT2D eigenvalue weighted by molar-refractivity contribution is 6.01. The number of hydrogen-bond donors (Lipinski definition) is 5. The third kappa shape index (κ3) is 18.7. The van der Waals surface area contributed by atoms with E-state index in [1.54, 1.807) is 78.8 Å². The van der Waals surface area contributed by atoms with Crippen molar-refractivity contribution in [2.75, 3.05) is 28.3 Å². The van der Waals surface area contributed by atoms with E-state index < -0.39 is 125 Å². The Kier molecular flexibility index (Phi) is 25.5. The number of ether oxygens (including phenoxy) is 3. The van der Waals surface area contributed by atoms with Gasteiger partial charge in [-0.15, -0.1) is 0 Å². The van der Waals surface area contributed by atoms with Crippen molar-refractivity contribution < 1.29 is 72.4 Å². The lowest BCUT2D eigenvalue weighted by molar-refractivity contribution is -0.170. The van der Waals surface area contributed by atoms with Crippen LogP contribution < -0.4 is 16.0 Å². The van der Waals surface area contributed by atoms with Crippen LogP contribution in [0.5, 0.6) is 0 Å². The number of hydrogen-bond acceptors (Lipinski definition) is 14. The average molecular weight is 1000 g/mol. The second kappa shape index (κ2) is 29.0. The van der Waals surface area contributed by atoms with Gasteiger partial charge in [-0.1, -0.05) is 91.5 Å². The van der Waals surface area contributed by atoms with Gasteiger partial charge in [-0.3, -0.25) is 38.4 Å². The van der Waals surface area contributed by atoms with E-state index in [1.807, 2.05) is 0 Å². The fourth-order valence-corrected chi connectivity index (χ4v) is 7.13. The van der Waals surface area contributed by atoms with E-state index in [4.69, 9.17) is 14.2 Å². The maximum absolute atomic E-state index is 14.4. The Morgan fingerprint density at radius 2 is 1.37 bits per heavy atom. The van der Waals surface area contributed by atoms with E-state index in [0.29, 0.717) is 5.56 Å². The van der Waals surface area contributed by atoms with Gasteiger partial charge in [-0.05, 0) is 44.1 Å². The Hall–Kier alpha value is -6.48. The van der Waals surface area contributed by atoms with Crippen LogP contribution in [-0.4, -0.2) is 161 Å². The summed E-state index contributed by atoms with van der Waals surface area (Å²) in [7, 11) is 4.84. The van der Waals surface area contributed by atoms with Gasteiger partial charge in [-0.25, -0.2) is 9.59 Å². The van der Waals surface area contributed by atoms with Gasteiger partial charge in [0.05, 0.1) is 18.1 Å². The Labute approximate surface area is 417 Å². The van der Waals surface area contributed by atoms with Crippen molar-refractivity contribution in [1.82, 2.24) is 30.7 Å². The normalized spacial score (nSPS) is 15.3. The van der Waals surface area contributed by atoms with Gasteiger partial charge in [0.25, 0.3) is 11.8 Å². The molecule has 21 nitrogen and oxygen atoms in total. The topological polar surface area (TPSA) is 285 Å². The minimum Gasteiger partial charge on any atom is -0.480 e. The predicted molar refractivity (Wildman–Crippen MR) is 260 cm³/mol. The van der Waals surface area contributed by atoms with E-state index >= 15 is 0 Å². The van der Waals surface area contributed by atoms with E-state index in [9.17, 15) is 58.2 Å². The van der Waals surface area contributed by atoms with E-state index in [1.165, 1.54) is 55.0 Å². The monoisotopic (exact) mass is 1000 g/mol. The van der Waals surface area contributed by atoms with Gasteiger partial charge in [0.1, 0.15) is 41.4 Å². The number of carboxylic acids is 1. The van der Waals surface area contributed by atoms with Crippen LogP contribution >= 0.6 is 0 Å². The number of carboxylic acid groups (broad SMARTS) is 1. The number of allylic oxidation sites excluding steroid dienone is 1. The largest absolute Gasteiger partial charge is 0.480 e. The van der Waals surface area contributed by atoms with Gasteiger partial charge >= 0.3 is 17.9 Å². The number of amides is 6. The number of carbonyl (C=O) groups is 10. The molecule has 0 spiro atoms. The van der Waals surface area contributed by atoms with Crippen LogP contribution in [0.25, 0.3) is 0 Å². The summed E-state index contributed by atoms with van der Waals surface area (Å²) in [5.41, 5.74) is -0.0488. The van der Waals surface area contributed by atoms with Crippen LogP contribution in [0.3, 0.4) is 0 Å². The standard InChI is InChI=1S/C50H76N6O15/c1-17-35(58)25-36(41(59)27(4)5)49(67)71-42(28(6)7)39(47(64)56(15)40(48(65)66)32(11)69-16)53-44(61)31(10)54(13)45(62)29(8)51-43(60)30(9)55(14)46(63)38(24-34-21-19-18-20-22-34)70-50(68)37(23-26(2)3)52-33(12)57/h18-23,26-29,31-32,36,38-42,59H,9,17,24-25H2,1-8,10-16H3,(H,51,60)(H,52,57)(H,53,61)(H,65,66)/b37-23-/t29-,31-,32+,36-,38+,39-,40-,41+,42+/m0/s1. The molecule has 0 heterocycles. The molecule has 0 aliphatic rings. The van der Waals surface area contributed by atoms with Crippen molar-refractivity contribution in [3.63, 3.8) is 0 Å². The number of esters is 2. The molecule has 6 amide bonds. The molecule has 396 valence electrons. The van der Waals surface area contributed by atoms with Crippen molar-refractivity contribution in [2.24, 2.45) is 23.7 Å². The third-order valence-electron chi connectivity index (χ3n) is 11.7. The first kappa shape index (κ1) is 62.5. The third-order valence-corrected chi connectivity index (χ3v) is 11.7. The van der Waals surface area contributed by atoms with Crippen LogP contribution in [0.4, 0.5) is 0 Å². The summed E-state index contributed by atoms with van der Waals surface area (Å²) in [6.07, 6.45) is -4.42. The van der Waals surface area contributed by atoms with Crippen molar-refractivity contribution in [3.05, 3.63) is 59.9 Å². The van der Waals surface area contributed by atoms with Crippen LogP contribution in [-0.2, 0) is 68.6 Å². The summed E-state index contributed by atoms with van der Waals surface area (Å²) in [6, 6.07) is 2.38. The van der Waals surface area contributed by atoms with Gasteiger partial charge in [-0.2, -0.15) is 0 Å². The van der Waals surface area contributed by atoms with Gasteiger partial charge in [0.2, 0.25) is 23.6 Å². The summed E-state index contributed by atoms with van der Waals surface area (Å²) in [5.74, 6) is -11.9. The van der Waals surface area contributed by atoms with E-state index in [2.05, 4.69) is 22.5 Å². The zero-order valence-corrected chi connectivity index (χ0v) is 43.8. The van der Waals surface area contributed by atoms with Crippen molar-refractivity contribution >= 4 is 59.1 Å². The lowest BCUT2D eigenvalue weighted by Crippen LogP contribution is -2.63. The number of nitrogens with one attached hydrogen (secondary N) is 3. The molecule has 0 aliphatic carbocycles. The smallest absolute Gasteiger partial charge is 0.355 e. The first-order valence-corrected chi connectivity index (χ1v) is 23.4. The quantitative estimate of drug-likeness (QED) is 0.0594. The van der Waals surface area contributed by atoms with Gasteiger partial charge in [0.15, 0.2) is 12.1 Å². The molecule has 71 heavy (non-hydrogen) atoms. The number of aliphatic hydroxyl groups excluding tert-OH is 1. The Balaban J connectivity index is 3.52. The first-order valence-electron chi connectivity index (χ1n) is 23.4. The highest BCUT2D eigenvalue weighted by atomic mass is 16.6. The number of carbonyl (C=O) groups excluding carboxylic acids is 9. The SMILES string of the molecule is C=C(C(=O)N[C@@H](C)C(=O)N(C)[C@@H](C)C(=O)N[C@H](C(=O)N(C)[C@H](C(=O)O)[C@@H](C)OC)[C@H](OC(=O)[C@@H](CC(=O)CC)[C@H](O)C(C)C)C(C)C)N(C)C(=O)[C@@H](Cc1ccccc1)OC(=O)/C(=C/C(C)C)NC(C)=O. The minimum atomic E-state index is -1.80. The van der Waals surface area contributed by atoms with E-state index in [-0.39, 0.29) is 36.7 Å². The molecule has 9 atom stereocenters. The van der Waals surface area contributed by atoms with Crippen molar-refractivity contribution in [3.8, 4) is 0 Å². The van der Waals surface area contributed by atoms with Crippen LogP contribution in [0.2, 0.25) is 0 Å². The highest BCUT2D eigenvalue weighted by Crippen LogP contribution is 2.24. The summed E-state index contributed by atoms with van der Waals surface area (Å²) in [4.78, 5) is 137. The molecule has 0 bridgehead atoms. The zero-order chi connectivity index (χ0) is 54.8. The molecule has 21 heteroatoms. The molecule has 0 aliphatic heterocycles. The predicted octanol–water partition coefficient (Wildman–Crippen LogP) is 2.14. The molecular formula is C50H76N6O15. The fourth-order valence-electron chi connectivity index (χ4n) is 7.13. The number of ketones is 1. The van der Waals surface area contributed by atoms with Crippen molar-refractivity contribution in [2.45, 2.75) is 144 Å². The lowest BCUT2D eigenvalue weighted by atomic mass is 9.88. The molecule has 1 aromatic rings. The highest BCUT2D eigenvalue weighted by Gasteiger charge is 2.44. The number of nitrogens with zero attached hydrogens (tertiary/aromatic N) is 3. The second-order valence-corrected chi connectivity index (χ2v) is 18.5. The molecule has 1 aromatic carbocycles. The molecule has 0 saturated heterocycles. The maximum atomic E-state index is 14.4. The molecule has 0 fully saturated rings. The van der Waals surface area contributed by atoms with Crippen LogP contribution in [0.15, 0.2) is 54.4 Å². The number of Topliss-reactive ketones (excluding diaryl/α,β-unsaturated/α-hetero) is 1. The zero-order valence-electron chi connectivity index (χ0n) is 43.8. The summed E-state index contributed by atoms with van der Waals surface area (Å²) in [5, 5.41) is 28.5.